The largest absolute Gasteiger partial charge is 0.497 e. The highest BCUT2D eigenvalue weighted by molar-refractivity contribution is 7.09. The minimum absolute atomic E-state index is 0.640. The van der Waals surface area contributed by atoms with Gasteiger partial charge in [0.15, 0.2) is 0 Å². The standard InChI is InChI=1S/C17H22N2OS/c1-20-16-6-4-15(5-7-16)19-10-8-14(9-11-19)18-13-17-3-2-12-21-17/h2-7,12,14,18H,8-11,13H2,1H3. The molecule has 1 N–H and O–H groups in total. The minimum atomic E-state index is 0.640. The number of rotatable bonds is 5. The van der Waals surface area contributed by atoms with E-state index in [0.29, 0.717) is 6.04 Å². The third kappa shape index (κ3) is 3.77. The lowest BCUT2D eigenvalue weighted by molar-refractivity contribution is 0.412. The van der Waals surface area contributed by atoms with Crippen molar-refractivity contribution in [3.8, 4) is 5.75 Å². The lowest BCUT2D eigenvalue weighted by Gasteiger charge is -2.34. The normalized spacial score (nSPS) is 16.1. The highest BCUT2D eigenvalue weighted by Crippen LogP contribution is 2.23. The average molecular weight is 302 g/mol. The number of hydrogen-bond donors (Lipinski definition) is 1. The molecule has 0 saturated carbocycles. The molecule has 2 heterocycles. The maximum absolute atomic E-state index is 5.21. The molecular weight excluding hydrogens is 280 g/mol. The maximum Gasteiger partial charge on any atom is 0.119 e. The maximum atomic E-state index is 5.21. The highest BCUT2D eigenvalue weighted by Gasteiger charge is 2.19. The summed E-state index contributed by atoms with van der Waals surface area (Å²) in [6.07, 6.45) is 2.41. The molecule has 21 heavy (non-hydrogen) atoms. The van der Waals surface area contributed by atoms with E-state index < -0.39 is 0 Å². The van der Waals surface area contributed by atoms with Gasteiger partial charge < -0.3 is 15.0 Å². The fourth-order valence-electron chi connectivity index (χ4n) is 2.79. The monoisotopic (exact) mass is 302 g/mol. The Kier molecular flexibility index (Phi) is 4.78. The van der Waals surface area contributed by atoms with E-state index in [-0.39, 0.29) is 0 Å². The number of benzene rings is 1. The summed E-state index contributed by atoms with van der Waals surface area (Å²) in [4.78, 5) is 3.88. The Bertz CT molecular complexity index is 530. The molecule has 0 amide bonds. The molecule has 4 heteroatoms. The average Bonchev–Trinajstić information content (AvgIpc) is 3.07. The van der Waals surface area contributed by atoms with Gasteiger partial charge in [0.2, 0.25) is 0 Å². The van der Waals surface area contributed by atoms with Gasteiger partial charge in [0.25, 0.3) is 0 Å². The third-order valence-electron chi connectivity index (χ3n) is 4.08. The Labute approximate surface area is 130 Å². The van der Waals surface area contributed by atoms with Crippen LogP contribution in [0.2, 0.25) is 0 Å². The quantitative estimate of drug-likeness (QED) is 0.914. The molecule has 1 fully saturated rings. The predicted molar refractivity (Wildman–Crippen MR) is 89.4 cm³/mol. The van der Waals surface area contributed by atoms with Gasteiger partial charge in [-0.2, -0.15) is 0 Å². The van der Waals surface area contributed by atoms with E-state index in [2.05, 4.69) is 39.9 Å². The Hall–Kier alpha value is -1.52. The van der Waals surface area contributed by atoms with Gasteiger partial charge >= 0.3 is 0 Å². The number of nitrogens with one attached hydrogen (secondary N) is 1. The van der Waals surface area contributed by atoms with Gasteiger partial charge in [-0.05, 0) is 48.6 Å². The fraction of sp³-hybridized carbons (Fsp3) is 0.412. The molecule has 0 spiro atoms. The van der Waals surface area contributed by atoms with E-state index in [0.717, 1.165) is 25.4 Å². The summed E-state index contributed by atoms with van der Waals surface area (Å²) in [5.41, 5.74) is 1.30. The first-order valence-electron chi connectivity index (χ1n) is 7.50. The molecular formula is C17H22N2OS. The van der Waals surface area contributed by atoms with E-state index in [1.165, 1.54) is 23.4 Å². The molecule has 112 valence electrons. The lowest BCUT2D eigenvalue weighted by Crippen LogP contribution is -2.42. The van der Waals surface area contributed by atoms with Gasteiger partial charge in [0.1, 0.15) is 5.75 Å². The van der Waals surface area contributed by atoms with Gasteiger partial charge in [0.05, 0.1) is 7.11 Å². The molecule has 0 radical (unpaired) electrons. The smallest absolute Gasteiger partial charge is 0.119 e. The van der Waals surface area contributed by atoms with Gasteiger partial charge in [-0.15, -0.1) is 11.3 Å². The molecule has 1 aromatic heterocycles. The number of thiophene rings is 1. The van der Waals surface area contributed by atoms with Crippen molar-refractivity contribution in [1.82, 2.24) is 5.32 Å². The number of ether oxygens (including phenoxy) is 1. The van der Waals surface area contributed by atoms with Crippen molar-refractivity contribution in [2.24, 2.45) is 0 Å². The Morgan fingerprint density at radius 3 is 2.57 bits per heavy atom. The summed E-state index contributed by atoms with van der Waals surface area (Å²) in [6.45, 7) is 3.24. The van der Waals surface area contributed by atoms with Crippen LogP contribution in [0.3, 0.4) is 0 Å². The predicted octanol–water partition coefficient (Wildman–Crippen LogP) is 3.52. The Morgan fingerprint density at radius 1 is 1.19 bits per heavy atom. The van der Waals surface area contributed by atoms with E-state index in [1.54, 1.807) is 7.11 Å². The second-order valence-electron chi connectivity index (χ2n) is 5.42. The van der Waals surface area contributed by atoms with Crippen molar-refractivity contribution < 1.29 is 4.74 Å². The SMILES string of the molecule is COc1ccc(N2CCC(NCc3cccs3)CC2)cc1. The second-order valence-corrected chi connectivity index (χ2v) is 6.45. The molecule has 3 nitrogen and oxygen atoms in total. The summed E-state index contributed by atoms with van der Waals surface area (Å²) >= 11 is 1.83. The first-order valence-corrected chi connectivity index (χ1v) is 8.38. The van der Waals surface area contributed by atoms with Crippen molar-refractivity contribution in [1.29, 1.82) is 0 Å². The van der Waals surface area contributed by atoms with Gasteiger partial charge in [-0.1, -0.05) is 6.07 Å². The van der Waals surface area contributed by atoms with E-state index in [1.807, 2.05) is 23.5 Å². The number of hydrogen-bond acceptors (Lipinski definition) is 4. The van der Waals surface area contributed by atoms with Crippen LogP contribution >= 0.6 is 11.3 Å². The lowest BCUT2D eigenvalue weighted by atomic mass is 10.0. The summed E-state index contributed by atoms with van der Waals surface area (Å²) in [6, 6.07) is 13.3. The summed E-state index contributed by atoms with van der Waals surface area (Å²) < 4.78 is 5.21. The Morgan fingerprint density at radius 2 is 1.95 bits per heavy atom. The van der Waals surface area contributed by atoms with Crippen LogP contribution in [0, 0.1) is 0 Å². The molecule has 0 atom stereocenters. The molecule has 1 aliphatic heterocycles. The van der Waals surface area contributed by atoms with Crippen molar-refractivity contribution >= 4 is 17.0 Å². The first kappa shape index (κ1) is 14.4. The fourth-order valence-corrected chi connectivity index (χ4v) is 3.45. The minimum Gasteiger partial charge on any atom is -0.497 e. The van der Waals surface area contributed by atoms with E-state index >= 15 is 0 Å². The zero-order chi connectivity index (χ0) is 14.5. The zero-order valence-corrected chi connectivity index (χ0v) is 13.2. The molecule has 0 aliphatic carbocycles. The first-order chi connectivity index (χ1) is 10.3. The highest BCUT2D eigenvalue weighted by atomic mass is 32.1. The number of nitrogens with zero attached hydrogens (tertiary/aromatic N) is 1. The van der Waals surface area contributed by atoms with Crippen LogP contribution in [0.25, 0.3) is 0 Å². The number of piperidine rings is 1. The Balaban J connectivity index is 1.47. The van der Waals surface area contributed by atoms with Gasteiger partial charge in [-0.25, -0.2) is 0 Å². The van der Waals surface area contributed by atoms with Crippen LogP contribution in [0.1, 0.15) is 17.7 Å². The number of methoxy groups -OCH3 is 1. The van der Waals surface area contributed by atoms with Crippen molar-refractivity contribution in [3.63, 3.8) is 0 Å². The zero-order valence-electron chi connectivity index (χ0n) is 12.4. The summed E-state index contributed by atoms with van der Waals surface area (Å²) in [5, 5.41) is 5.82. The molecule has 3 rings (SSSR count). The molecule has 1 aromatic carbocycles. The van der Waals surface area contributed by atoms with Crippen LogP contribution < -0.4 is 15.0 Å². The van der Waals surface area contributed by atoms with Gasteiger partial charge in [-0.3, -0.25) is 0 Å². The molecule has 2 aromatic rings. The van der Waals surface area contributed by atoms with E-state index in [9.17, 15) is 0 Å². The molecule has 0 unspecified atom stereocenters. The summed E-state index contributed by atoms with van der Waals surface area (Å²) in [5.74, 6) is 0.922. The molecule has 1 saturated heterocycles. The third-order valence-corrected chi connectivity index (χ3v) is 4.95. The topological polar surface area (TPSA) is 24.5 Å². The van der Waals surface area contributed by atoms with Crippen LogP contribution in [0.4, 0.5) is 5.69 Å². The summed E-state index contributed by atoms with van der Waals surface area (Å²) in [7, 11) is 1.71. The second kappa shape index (κ2) is 6.96. The molecule has 0 bridgehead atoms. The van der Waals surface area contributed by atoms with Crippen LogP contribution in [0.5, 0.6) is 5.75 Å². The van der Waals surface area contributed by atoms with E-state index in [4.69, 9.17) is 4.74 Å². The van der Waals surface area contributed by atoms with Crippen molar-refractivity contribution in [3.05, 3.63) is 46.7 Å². The van der Waals surface area contributed by atoms with Crippen LogP contribution in [0.15, 0.2) is 41.8 Å². The van der Waals surface area contributed by atoms with Crippen molar-refractivity contribution in [2.45, 2.75) is 25.4 Å². The van der Waals surface area contributed by atoms with Crippen LogP contribution in [-0.2, 0) is 6.54 Å². The number of anilines is 1. The van der Waals surface area contributed by atoms with Gasteiger partial charge in [0, 0.05) is 36.2 Å². The van der Waals surface area contributed by atoms with Crippen LogP contribution in [-0.4, -0.2) is 26.2 Å². The van der Waals surface area contributed by atoms with Crippen molar-refractivity contribution in [2.75, 3.05) is 25.1 Å². The molecule has 1 aliphatic rings.